The third-order valence-electron chi connectivity index (χ3n) is 7.88. The number of ether oxygens (including phenoxy) is 3. The highest BCUT2D eigenvalue weighted by molar-refractivity contribution is 6.14. The van der Waals surface area contributed by atoms with Gasteiger partial charge in [0.05, 0.1) is 37.5 Å². The number of allylic oxidation sites excluding steroid dienone is 2. The van der Waals surface area contributed by atoms with E-state index >= 15 is 4.39 Å². The van der Waals surface area contributed by atoms with Gasteiger partial charge in [-0.25, -0.2) is 13.6 Å². The summed E-state index contributed by atoms with van der Waals surface area (Å²) in [5, 5.41) is 0. The lowest BCUT2D eigenvalue weighted by atomic mass is 9.66. The molecule has 0 radical (unpaired) electrons. The number of carbonyl (C=O) groups is 3. The van der Waals surface area contributed by atoms with Crippen LogP contribution in [0.2, 0.25) is 0 Å². The number of ketones is 1. The number of nitrogens with two attached hydrogens (primary N) is 1. The fourth-order valence-electron chi connectivity index (χ4n) is 6.05. The third-order valence-corrected chi connectivity index (χ3v) is 7.88. The van der Waals surface area contributed by atoms with E-state index in [2.05, 4.69) is 0 Å². The molecule has 1 heterocycles. The summed E-state index contributed by atoms with van der Waals surface area (Å²) in [4.78, 5) is 43.3. The average molecular weight is 603 g/mol. The highest BCUT2D eigenvalue weighted by Gasteiger charge is 2.52. The first-order valence-electron chi connectivity index (χ1n) is 14.3. The van der Waals surface area contributed by atoms with Crippen molar-refractivity contribution in [3.63, 3.8) is 0 Å². The van der Waals surface area contributed by atoms with Crippen LogP contribution in [0.15, 0.2) is 95.5 Å². The summed E-state index contributed by atoms with van der Waals surface area (Å²) in [6.07, 6.45) is 0.0377. The van der Waals surface area contributed by atoms with Gasteiger partial charge in [-0.05, 0) is 62.2 Å². The smallest absolute Gasteiger partial charge is 0.338 e. The molecule has 3 aromatic carbocycles. The molecule has 5 rings (SSSR count). The summed E-state index contributed by atoms with van der Waals surface area (Å²) in [5.74, 6) is -6.62. The van der Waals surface area contributed by atoms with Gasteiger partial charge in [0.2, 0.25) is 0 Å². The molecule has 0 aromatic heterocycles. The first-order chi connectivity index (χ1) is 21.2. The number of rotatable bonds is 8. The second-order valence-corrected chi connectivity index (χ2v) is 10.3. The van der Waals surface area contributed by atoms with Gasteiger partial charge in [-0.2, -0.15) is 0 Å². The Hall–Kier alpha value is -4.99. The van der Waals surface area contributed by atoms with Crippen molar-refractivity contribution in [1.82, 2.24) is 0 Å². The Morgan fingerprint density at radius 2 is 1.68 bits per heavy atom. The summed E-state index contributed by atoms with van der Waals surface area (Å²) in [6.45, 7) is 3.23. The molecular formula is C34H32F2N2O6. The Balaban J connectivity index is 1.84. The van der Waals surface area contributed by atoms with Gasteiger partial charge in [-0.3, -0.25) is 14.5 Å². The number of Topliss-reactive ketones (excluding diaryl/α,β-unsaturated/α-hetero) is 1. The molecule has 0 saturated carbocycles. The van der Waals surface area contributed by atoms with Gasteiger partial charge in [0, 0.05) is 22.8 Å². The Morgan fingerprint density at radius 3 is 2.36 bits per heavy atom. The molecule has 1 aliphatic carbocycles. The second-order valence-electron chi connectivity index (χ2n) is 10.3. The second kappa shape index (κ2) is 12.7. The lowest BCUT2D eigenvalue weighted by Crippen LogP contribution is -2.46. The molecule has 0 bridgehead atoms. The number of anilines is 1. The summed E-state index contributed by atoms with van der Waals surface area (Å²) in [5.41, 5.74) is 7.67. The molecule has 0 unspecified atom stereocenters. The Labute approximate surface area is 253 Å². The predicted octanol–water partition coefficient (Wildman–Crippen LogP) is 5.50. The van der Waals surface area contributed by atoms with Crippen molar-refractivity contribution >= 4 is 23.4 Å². The van der Waals surface area contributed by atoms with E-state index in [4.69, 9.17) is 19.9 Å². The number of halogens is 2. The first-order valence-corrected chi connectivity index (χ1v) is 14.3. The molecule has 0 saturated heterocycles. The Bertz CT molecular complexity index is 1680. The number of nitrogens with zero attached hydrogens (tertiary/aromatic N) is 1. The van der Waals surface area contributed by atoms with Crippen LogP contribution in [0.4, 0.5) is 14.5 Å². The van der Waals surface area contributed by atoms with Gasteiger partial charge in [0.1, 0.15) is 29.1 Å². The van der Waals surface area contributed by atoms with Gasteiger partial charge in [-0.1, -0.05) is 36.4 Å². The SMILES string of the molecule is CCOC(=O)C1=C(N)N(c2cccc(F)c2)C2=C(C(=O)[C@H](C(=O)OCC)[C@@H](c3cccc(OC)c3)C2)[C@@H]1c1ccccc1F. The number of esters is 2. The maximum atomic E-state index is 15.6. The Morgan fingerprint density at radius 1 is 0.955 bits per heavy atom. The quantitative estimate of drug-likeness (QED) is 0.266. The normalized spacial score (nSPS) is 19.9. The van der Waals surface area contributed by atoms with Gasteiger partial charge in [0.15, 0.2) is 5.78 Å². The maximum Gasteiger partial charge on any atom is 0.338 e. The fraction of sp³-hybridized carbons (Fsp3) is 0.265. The number of carbonyl (C=O) groups excluding carboxylic acids is 3. The molecule has 0 spiro atoms. The van der Waals surface area contributed by atoms with Gasteiger partial charge in [0.25, 0.3) is 0 Å². The zero-order chi connectivity index (χ0) is 31.5. The summed E-state index contributed by atoms with van der Waals surface area (Å²) in [6, 6.07) is 18.2. The zero-order valence-corrected chi connectivity index (χ0v) is 24.5. The van der Waals surface area contributed by atoms with Crippen LogP contribution in [-0.2, 0) is 23.9 Å². The lowest BCUT2D eigenvalue weighted by Gasteiger charge is -2.44. The number of hydrogen-bond donors (Lipinski definition) is 1. The molecular weight excluding hydrogens is 570 g/mol. The largest absolute Gasteiger partial charge is 0.497 e. The van der Waals surface area contributed by atoms with E-state index in [1.807, 2.05) is 0 Å². The van der Waals surface area contributed by atoms with Crippen LogP contribution in [-0.4, -0.2) is 38.0 Å². The van der Waals surface area contributed by atoms with Crippen LogP contribution in [0.1, 0.15) is 43.2 Å². The average Bonchev–Trinajstić information content (AvgIpc) is 3.00. The van der Waals surface area contributed by atoms with Gasteiger partial charge < -0.3 is 19.9 Å². The summed E-state index contributed by atoms with van der Waals surface area (Å²) < 4.78 is 46.3. The van der Waals surface area contributed by atoms with Crippen molar-refractivity contribution in [2.75, 3.05) is 25.2 Å². The van der Waals surface area contributed by atoms with E-state index in [9.17, 15) is 18.8 Å². The molecule has 0 fully saturated rings. The molecule has 44 heavy (non-hydrogen) atoms. The van der Waals surface area contributed by atoms with E-state index in [-0.39, 0.29) is 47.9 Å². The standard InChI is InChI=1S/C34H32F2N2O6/c1-4-43-33(40)28-24(19-10-8-13-22(16-19)42-3)18-26-29(31(28)39)27(23-14-6-7-15-25(23)36)30(34(41)44-5-2)32(37)38(26)21-12-9-11-20(35)17-21/h6-17,24,27-28H,4-5,18,37H2,1-3H3/t24-,27+,28-/m1/s1. The highest BCUT2D eigenvalue weighted by Crippen LogP contribution is 2.52. The van der Waals surface area contributed by atoms with Crippen LogP contribution in [0.5, 0.6) is 5.75 Å². The van der Waals surface area contributed by atoms with Crippen molar-refractivity contribution in [2.24, 2.45) is 11.7 Å². The van der Waals surface area contributed by atoms with Crippen molar-refractivity contribution in [2.45, 2.75) is 32.1 Å². The van der Waals surface area contributed by atoms with Crippen LogP contribution in [0.25, 0.3) is 0 Å². The minimum atomic E-state index is -1.34. The van der Waals surface area contributed by atoms with Crippen LogP contribution < -0.4 is 15.4 Å². The predicted molar refractivity (Wildman–Crippen MR) is 158 cm³/mol. The van der Waals surface area contributed by atoms with Crippen LogP contribution >= 0.6 is 0 Å². The van der Waals surface area contributed by atoms with E-state index in [0.717, 1.165) is 0 Å². The minimum Gasteiger partial charge on any atom is -0.497 e. The molecule has 3 aromatic rings. The summed E-state index contributed by atoms with van der Waals surface area (Å²) in [7, 11) is 1.50. The van der Waals surface area contributed by atoms with E-state index in [0.29, 0.717) is 17.0 Å². The summed E-state index contributed by atoms with van der Waals surface area (Å²) >= 11 is 0. The van der Waals surface area contributed by atoms with Crippen molar-refractivity contribution in [3.05, 3.63) is 118 Å². The number of methoxy groups -OCH3 is 1. The topological polar surface area (TPSA) is 108 Å². The minimum absolute atomic E-state index is 0.000634. The maximum absolute atomic E-state index is 15.6. The molecule has 2 N–H and O–H groups in total. The molecule has 1 aliphatic heterocycles. The van der Waals surface area contributed by atoms with Crippen LogP contribution in [0.3, 0.4) is 0 Å². The van der Waals surface area contributed by atoms with Crippen molar-refractivity contribution < 1.29 is 37.4 Å². The molecule has 2 aliphatic rings. The van der Waals surface area contributed by atoms with Crippen molar-refractivity contribution in [1.29, 1.82) is 0 Å². The third kappa shape index (κ3) is 5.43. The fourth-order valence-corrected chi connectivity index (χ4v) is 6.05. The van der Waals surface area contributed by atoms with E-state index < -0.39 is 47.1 Å². The lowest BCUT2D eigenvalue weighted by molar-refractivity contribution is -0.152. The van der Waals surface area contributed by atoms with Crippen LogP contribution in [0, 0.1) is 17.6 Å². The first kappa shape index (κ1) is 30.5. The molecule has 228 valence electrons. The zero-order valence-electron chi connectivity index (χ0n) is 24.5. The highest BCUT2D eigenvalue weighted by atomic mass is 19.1. The Kier molecular flexibility index (Phi) is 8.80. The van der Waals surface area contributed by atoms with E-state index in [1.165, 1.54) is 48.4 Å². The number of hydrogen-bond acceptors (Lipinski definition) is 8. The van der Waals surface area contributed by atoms with E-state index in [1.54, 1.807) is 50.2 Å². The number of benzene rings is 3. The van der Waals surface area contributed by atoms with Crippen molar-refractivity contribution in [3.8, 4) is 5.75 Å². The monoisotopic (exact) mass is 602 g/mol. The molecule has 0 amide bonds. The molecule has 8 nitrogen and oxygen atoms in total. The van der Waals surface area contributed by atoms with Gasteiger partial charge in [-0.15, -0.1) is 0 Å². The van der Waals surface area contributed by atoms with Gasteiger partial charge >= 0.3 is 11.9 Å². The molecule has 10 heteroatoms. The molecule has 3 atom stereocenters.